The number of thioether (sulfide) groups is 1. The monoisotopic (exact) mass is 318 g/mol. The van der Waals surface area contributed by atoms with Crippen LogP contribution in [0.15, 0.2) is 38.8 Å². The lowest BCUT2D eigenvalue weighted by Crippen LogP contribution is -2.20. The summed E-state index contributed by atoms with van der Waals surface area (Å²) in [7, 11) is 0. The number of amidine groups is 1. The normalized spacial score (nSPS) is 18.1. The number of hydrogen-bond donors (Lipinski definition) is 0. The van der Waals surface area contributed by atoms with Crippen LogP contribution in [0, 0.1) is 5.92 Å². The number of benzene rings is 1. The van der Waals surface area contributed by atoms with E-state index >= 15 is 0 Å². The van der Waals surface area contributed by atoms with Crippen molar-refractivity contribution in [3.8, 4) is 0 Å². The Morgan fingerprint density at radius 2 is 2.19 bits per heavy atom. The van der Waals surface area contributed by atoms with Crippen molar-refractivity contribution in [1.29, 1.82) is 0 Å². The molecular weight excluding hydrogens is 304 g/mol. The molecule has 3 heterocycles. The third kappa shape index (κ3) is 1.93. The van der Waals surface area contributed by atoms with Gasteiger partial charge in [0.05, 0.1) is 23.5 Å². The molecule has 2 aromatic rings. The number of nitrogens with zero attached hydrogens (tertiary/aromatic N) is 2. The van der Waals surface area contributed by atoms with Crippen LogP contribution in [-0.2, 0) is 0 Å². The van der Waals surface area contributed by atoms with E-state index in [2.05, 4.69) is 29.8 Å². The molecular formula is C16H15ClN2OS. The van der Waals surface area contributed by atoms with E-state index in [1.807, 2.05) is 12.1 Å². The molecule has 0 saturated heterocycles. The zero-order valence-corrected chi connectivity index (χ0v) is 13.5. The van der Waals surface area contributed by atoms with Gasteiger partial charge in [-0.2, -0.15) is 0 Å². The molecule has 21 heavy (non-hydrogen) atoms. The van der Waals surface area contributed by atoms with Crippen LogP contribution in [0.4, 0.5) is 0 Å². The molecule has 2 aliphatic heterocycles. The van der Waals surface area contributed by atoms with Crippen molar-refractivity contribution in [3.05, 3.63) is 40.0 Å². The topological polar surface area (TPSA) is 28.7 Å². The first-order valence-corrected chi connectivity index (χ1v) is 8.26. The molecule has 0 radical (unpaired) electrons. The molecule has 0 bridgehead atoms. The van der Waals surface area contributed by atoms with Crippen LogP contribution >= 0.6 is 23.4 Å². The highest BCUT2D eigenvalue weighted by Gasteiger charge is 2.34. The summed E-state index contributed by atoms with van der Waals surface area (Å²) in [5, 5.41) is 2.86. The fraction of sp³-hybridized carbons (Fsp3) is 0.312. The van der Waals surface area contributed by atoms with Crippen molar-refractivity contribution in [2.75, 3.05) is 13.1 Å². The number of fused-ring (bicyclic) bond motifs is 2. The van der Waals surface area contributed by atoms with Gasteiger partial charge >= 0.3 is 0 Å². The lowest BCUT2D eigenvalue weighted by atomic mass is 10.0. The van der Waals surface area contributed by atoms with E-state index in [0.717, 1.165) is 29.2 Å². The number of rotatable bonds is 2. The molecule has 0 aliphatic carbocycles. The fourth-order valence-corrected chi connectivity index (χ4v) is 4.31. The van der Waals surface area contributed by atoms with Crippen molar-refractivity contribution >= 4 is 45.2 Å². The summed E-state index contributed by atoms with van der Waals surface area (Å²) in [6.45, 7) is 6.29. The van der Waals surface area contributed by atoms with Gasteiger partial charge in [-0.25, -0.2) is 0 Å². The molecule has 0 N–H and O–H groups in total. The van der Waals surface area contributed by atoms with Crippen molar-refractivity contribution < 1.29 is 4.42 Å². The summed E-state index contributed by atoms with van der Waals surface area (Å²) in [5.74, 6) is 0.468. The summed E-state index contributed by atoms with van der Waals surface area (Å²) >= 11 is 8.03. The maximum absolute atomic E-state index is 6.23. The first-order valence-electron chi connectivity index (χ1n) is 7.07. The molecule has 0 saturated carbocycles. The molecule has 0 unspecified atom stereocenters. The minimum Gasteiger partial charge on any atom is -0.463 e. The van der Waals surface area contributed by atoms with Crippen molar-refractivity contribution in [2.45, 2.75) is 13.8 Å². The highest BCUT2D eigenvalue weighted by Crippen LogP contribution is 2.47. The largest absolute Gasteiger partial charge is 0.463 e. The van der Waals surface area contributed by atoms with E-state index in [0.29, 0.717) is 10.9 Å². The second-order valence-electron chi connectivity index (χ2n) is 5.54. The number of allylic oxidation sites excluding steroid dienone is 1. The second-order valence-corrected chi connectivity index (χ2v) is 6.96. The Kier molecular flexibility index (Phi) is 3.05. The summed E-state index contributed by atoms with van der Waals surface area (Å²) in [6, 6.07) is 6.01. The van der Waals surface area contributed by atoms with Crippen LogP contribution < -0.4 is 0 Å². The van der Waals surface area contributed by atoms with Crippen molar-refractivity contribution in [2.24, 2.45) is 10.9 Å². The highest BCUT2D eigenvalue weighted by molar-refractivity contribution is 8.17. The van der Waals surface area contributed by atoms with Gasteiger partial charge < -0.3 is 9.32 Å². The van der Waals surface area contributed by atoms with Gasteiger partial charge in [-0.15, -0.1) is 0 Å². The smallest absolute Gasteiger partial charge is 0.168 e. The minimum absolute atomic E-state index is 0.468. The molecule has 4 rings (SSSR count). The van der Waals surface area contributed by atoms with E-state index in [1.165, 1.54) is 16.2 Å². The number of hydrogen-bond acceptors (Lipinski definition) is 4. The van der Waals surface area contributed by atoms with Gasteiger partial charge in [-0.3, -0.25) is 4.99 Å². The molecule has 0 fully saturated rings. The average Bonchev–Trinajstić information content (AvgIpc) is 3.13. The number of furan rings is 1. The van der Waals surface area contributed by atoms with E-state index in [1.54, 1.807) is 18.0 Å². The van der Waals surface area contributed by atoms with Gasteiger partial charge in [0, 0.05) is 22.4 Å². The zero-order valence-electron chi connectivity index (χ0n) is 11.9. The standard InChI is InChI=1S/C16H15ClN2OS/c1-9(2)15-13(19-7-6-18-16(19)21-15)10-3-4-12(17)14-11(10)5-8-20-14/h3-5,8-9H,6-7H2,1-2H3. The fourth-order valence-electron chi connectivity index (χ4n) is 2.91. The van der Waals surface area contributed by atoms with Crippen molar-refractivity contribution in [1.82, 2.24) is 4.90 Å². The van der Waals surface area contributed by atoms with Crippen LogP contribution in [-0.4, -0.2) is 23.2 Å². The minimum atomic E-state index is 0.468. The molecule has 0 amide bonds. The van der Waals surface area contributed by atoms with Gasteiger partial charge in [0.15, 0.2) is 10.8 Å². The first-order chi connectivity index (χ1) is 10.2. The molecule has 5 heteroatoms. The Hall–Kier alpha value is -1.39. The summed E-state index contributed by atoms with van der Waals surface area (Å²) in [5.41, 5.74) is 3.22. The number of halogens is 1. The van der Waals surface area contributed by atoms with Gasteiger partial charge in [0.2, 0.25) is 0 Å². The Morgan fingerprint density at radius 3 is 3.00 bits per heavy atom. The van der Waals surface area contributed by atoms with Gasteiger partial charge in [-0.05, 0) is 18.1 Å². The van der Waals surface area contributed by atoms with Crippen LogP contribution in [0.25, 0.3) is 16.7 Å². The third-order valence-corrected chi connectivity index (χ3v) is 5.57. The van der Waals surface area contributed by atoms with Crippen molar-refractivity contribution in [3.63, 3.8) is 0 Å². The SMILES string of the molecule is CC(C)C1=C(c2ccc(Cl)c3occc23)N2CCN=C2S1. The van der Waals surface area contributed by atoms with Gasteiger partial charge in [0.1, 0.15) is 0 Å². The predicted octanol–water partition coefficient (Wildman–Crippen LogP) is 4.83. The second kappa shape index (κ2) is 4.82. The Labute approximate surface area is 132 Å². The van der Waals surface area contributed by atoms with Crippen LogP contribution in [0.5, 0.6) is 0 Å². The van der Waals surface area contributed by atoms with Crippen LogP contribution in [0.3, 0.4) is 0 Å². The molecule has 108 valence electrons. The summed E-state index contributed by atoms with van der Waals surface area (Å²) in [6.07, 6.45) is 1.71. The first kappa shape index (κ1) is 13.3. The quantitative estimate of drug-likeness (QED) is 0.794. The predicted molar refractivity (Wildman–Crippen MR) is 89.6 cm³/mol. The van der Waals surface area contributed by atoms with E-state index in [-0.39, 0.29) is 0 Å². The van der Waals surface area contributed by atoms with Crippen LogP contribution in [0.2, 0.25) is 5.02 Å². The average molecular weight is 319 g/mol. The van der Waals surface area contributed by atoms with E-state index in [4.69, 9.17) is 16.0 Å². The Bertz CT molecular complexity index is 791. The van der Waals surface area contributed by atoms with E-state index < -0.39 is 0 Å². The van der Waals surface area contributed by atoms with E-state index in [9.17, 15) is 0 Å². The van der Waals surface area contributed by atoms with Crippen LogP contribution in [0.1, 0.15) is 19.4 Å². The zero-order chi connectivity index (χ0) is 14.6. The number of aliphatic imine (C=N–C) groups is 1. The molecule has 2 aliphatic rings. The Balaban J connectivity index is 1.97. The lowest BCUT2D eigenvalue weighted by Gasteiger charge is -2.19. The van der Waals surface area contributed by atoms with Gasteiger partial charge in [-0.1, -0.05) is 43.3 Å². The molecule has 1 aromatic heterocycles. The molecule has 0 spiro atoms. The molecule has 3 nitrogen and oxygen atoms in total. The lowest BCUT2D eigenvalue weighted by molar-refractivity contribution is 0.615. The summed E-state index contributed by atoms with van der Waals surface area (Å²) in [4.78, 5) is 8.31. The third-order valence-electron chi connectivity index (χ3n) is 3.85. The summed E-state index contributed by atoms with van der Waals surface area (Å²) < 4.78 is 5.55. The van der Waals surface area contributed by atoms with Gasteiger partial charge in [0.25, 0.3) is 0 Å². The molecule has 0 atom stereocenters. The maximum atomic E-state index is 6.23. The maximum Gasteiger partial charge on any atom is 0.168 e. The Morgan fingerprint density at radius 1 is 1.33 bits per heavy atom. The molecule has 1 aromatic carbocycles. The highest BCUT2D eigenvalue weighted by atomic mass is 35.5.